The van der Waals surface area contributed by atoms with Gasteiger partial charge in [-0.1, -0.05) is 36.4 Å². The van der Waals surface area contributed by atoms with Crippen LogP contribution in [0.15, 0.2) is 71.8 Å². The number of aliphatic carboxylic acids is 2. The van der Waals surface area contributed by atoms with Crippen molar-refractivity contribution in [2.45, 2.75) is 12.8 Å². The van der Waals surface area contributed by atoms with Crippen LogP contribution in [0.5, 0.6) is 11.5 Å². The van der Waals surface area contributed by atoms with E-state index in [2.05, 4.69) is 0 Å². The minimum atomic E-state index is -1.27. The summed E-state index contributed by atoms with van der Waals surface area (Å²) in [6.45, 7) is 0.143. The molecule has 0 saturated carbocycles. The molecule has 2 aromatic rings. The highest BCUT2D eigenvalue weighted by molar-refractivity contribution is 5.98. The van der Waals surface area contributed by atoms with Gasteiger partial charge in [-0.2, -0.15) is 0 Å². The maximum absolute atomic E-state index is 11.5. The lowest BCUT2D eigenvalue weighted by Gasteiger charge is -2.11. The molecule has 2 N–H and O–H groups in total. The van der Waals surface area contributed by atoms with E-state index >= 15 is 0 Å². The summed E-state index contributed by atoms with van der Waals surface area (Å²) in [6, 6.07) is 17.9. The van der Waals surface area contributed by atoms with E-state index in [0.717, 1.165) is 0 Å². The number of ether oxygens (including phenoxy) is 2. The highest BCUT2D eigenvalue weighted by Gasteiger charge is 2.20. The molecule has 0 amide bonds. The number of carboxylic acids is 2. The summed E-state index contributed by atoms with van der Waals surface area (Å²) in [5, 5.41) is 18.8. The normalized spacial score (nSPS) is 11.4. The van der Waals surface area contributed by atoms with Crippen molar-refractivity contribution in [3.63, 3.8) is 0 Å². The van der Waals surface area contributed by atoms with Crippen molar-refractivity contribution in [3.05, 3.63) is 71.8 Å². The van der Waals surface area contributed by atoms with Crippen molar-refractivity contribution in [2.75, 3.05) is 13.2 Å². The number of benzene rings is 2. The summed E-state index contributed by atoms with van der Waals surface area (Å²) in [7, 11) is 0. The Morgan fingerprint density at radius 2 is 1.00 bits per heavy atom. The molecular weight excluding hydrogens is 336 g/mol. The van der Waals surface area contributed by atoms with Crippen molar-refractivity contribution >= 4 is 11.9 Å². The predicted octanol–water partition coefficient (Wildman–Crippen LogP) is 3.39. The van der Waals surface area contributed by atoms with E-state index in [1.165, 1.54) is 0 Å². The first-order valence-corrected chi connectivity index (χ1v) is 8.12. The quantitative estimate of drug-likeness (QED) is 0.634. The molecule has 0 saturated heterocycles. The maximum Gasteiger partial charge on any atom is 0.332 e. The molecule has 136 valence electrons. The third kappa shape index (κ3) is 5.98. The zero-order valence-electron chi connectivity index (χ0n) is 14.1. The first-order valence-electron chi connectivity index (χ1n) is 8.12. The second-order valence-electron chi connectivity index (χ2n) is 5.39. The average Bonchev–Trinajstić information content (AvgIpc) is 2.64. The van der Waals surface area contributed by atoms with Crippen molar-refractivity contribution in [3.8, 4) is 11.5 Å². The Morgan fingerprint density at radius 3 is 1.31 bits per heavy atom. The summed E-state index contributed by atoms with van der Waals surface area (Å²) >= 11 is 0. The van der Waals surface area contributed by atoms with Gasteiger partial charge in [-0.15, -0.1) is 0 Å². The fourth-order valence-electron chi connectivity index (χ4n) is 2.35. The Labute approximate surface area is 151 Å². The lowest BCUT2D eigenvalue weighted by atomic mass is 10.0. The second-order valence-corrected chi connectivity index (χ2v) is 5.39. The van der Waals surface area contributed by atoms with Crippen molar-refractivity contribution in [1.82, 2.24) is 0 Å². The first kappa shape index (κ1) is 19.1. The van der Waals surface area contributed by atoms with E-state index < -0.39 is 11.9 Å². The van der Waals surface area contributed by atoms with E-state index in [1.54, 1.807) is 48.5 Å². The number of carbonyl (C=O) groups is 2. The van der Waals surface area contributed by atoms with Crippen LogP contribution in [0.25, 0.3) is 0 Å². The van der Waals surface area contributed by atoms with Crippen LogP contribution >= 0.6 is 0 Å². The standard InChI is InChI=1S/C20H20O6/c21-19(22)17(11-13-25-15-7-3-1-4-8-15)18(20(23)24)12-14-26-16-9-5-2-6-10-16/h1-10H,11-14H2,(H,21,22)(H,23,24). The summed E-state index contributed by atoms with van der Waals surface area (Å²) in [5.41, 5.74) is -0.352. The molecule has 2 aromatic carbocycles. The van der Waals surface area contributed by atoms with Gasteiger partial charge in [0.1, 0.15) is 11.5 Å². The molecule has 0 fully saturated rings. The van der Waals surface area contributed by atoms with Crippen molar-refractivity contribution in [2.24, 2.45) is 0 Å². The van der Waals surface area contributed by atoms with Gasteiger partial charge >= 0.3 is 11.9 Å². The Kier molecular flexibility index (Phi) is 7.24. The number of carboxylic acid groups (broad SMARTS) is 2. The van der Waals surface area contributed by atoms with E-state index in [-0.39, 0.29) is 37.2 Å². The molecule has 0 spiro atoms. The Balaban J connectivity index is 2.00. The van der Waals surface area contributed by atoms with E-state index in [0.29, 0.717) is 11.5 Å². The summed E-state index contributed by atoms with van der Waals surface area (Å²) in [4.78, 5) is 23.0. The lowest BCUT2D eigenvalue weighted by molar-refractivity contribution is -0.136. The molecular formula is C20H20O6. The molecule has 0 aliphatic carbocycles. The second kappa shape index (κ2) is 9.88. The highest BCUT2D eigenvalue weighted by atomic mass is 16.5. The topological polar surface area (TPSA) is 93.1 Å². The molecule has 0 aromatic heterocycles. The lowest BCUT2D eigenvalue weighted by Crippen LogP contribution is -2.16. The summed E-state index contributed by atoms with van der Waals surface area (Å²) < 4.78 is 10.9. The fourth-order valence-corrected chi connectivity index (χ4v) is 2.35. The zero-order chi connectivity index (χ0) is 18.8. The molecule has 6 heteroatoms. The first-order chi connectivity index (χ1) is 12.6. The predicted molar refractivity (Wildman–Crippen MR) is 95.4 cm³/mol. The van der Waals surface area contributed by atoms with Gasteiger partial charge in [-0.25, -0.2) is 9.59 Å². The molecule has 0 bridgehead atoms. The van der Waals surface area contributed by atoms with E-state index in [9.17, 15) is 19.8 Å². The van der Waals surface area contributed by atoms with Gasteiger partial charge in [-0.05, 0) is 24.3 Å². The molecule has 0 atom stereocenters. The van der Waals surface area contributed by atoms with Gasteiger partial charge in [-0.3, -0.25) is 0 Å². The third-order valence-electron chi connectivity index (χ3n) is 3.61. The van der Waals surface area contributed by atoms with Gasteiger partial charge in [0, 0.05) is 12.8 Å². The molecule has 0 heterocycles. The molecule has 26 heavy (non-hydrogen) atoms. The average molecular weight is 356 g/mol. The number of para-hydroxylation sites is 2. The van der Waals surface area contributed by atoms with Crippen LogP contribution in [0.1, 0.15) is 12.8 Å². The van der Waals surface area contributed by atoms with Crippen LogP contribution in [-0.2, 0) is 9.59 Å². The Morgan fingerprint density at radius 1 is 0.654 bits per heavy atom. The Bertz CT molecular complexity index is 687. The summed E-state index contributed by atoms with van der Waals surface area (Å²) in [6.07, 6.45) is -0.0333. The molecule has 6 nitrogen and oxygen atoms in total. The van der Waals surface area contributed by atoms with Crippen molar-refractivity contribution in [1.29, 1.82) is 0 Å². The van der Waals surface area contributed by atoms with Gasteiger partial charge in [0.25, 0.3) is 0 Å². The largest absolute Gasteiger partial charge is 0.493 e. The van der Waals surface area contributed by atoms with Crippen LogP contribution in [0.2, 0.25) is 0 Å². The van der Waals surface area contributed by atoms with E-state index in [4.69, 9.17) is 9.47 Å². The van der Waals surface area contributed by atoms with Crippen LogP contribution in [0.4, 0.5) is 0 Å². The van der Waals surface area contributed by atoms with Crippen LogP contribution in [0, 0.1) is 0 Å². The van der Waals surface area contributed by atoms with Crippen LogP contribution in [-0.4, -0.2) is 35.4 Å². The van der Waals surface area contributed by atoms with Gasteiger partial charge in [0.05, 0.1) is 24.4 Å². The minimum Gasteiger partial charge on any atom is -0.493 e. The third-order valence-corrected chi connectivity index (χ3v) is 3.61. The van der Waals surface area contributed by atoms with Gasteiger partial charge in [0.15, 0.2) is 0 Å². The van der Waals surface area contributed by atoms with Crippen LogP contribution in [0.3, 0.4) is 0 Å². The van der Waals surface area contributed by atoms with Gasteiger partial charge in [0.2, 0.25) is 0 Å². The summed E-state index contributed by atoms with van der Waals surface area (Å²) in [5.74, 6) is -1.33. The number of hydrogen-bond donors (Lipinski definition) is 2. The highest BCUT2D eigenvalue weighted by Crippen LogP contribution is 2.17. The Hall–Kier alpha value is -3.28. The fraction of sp³-hybridized carbons (Fsp3) is 0.200. The molecule has 0 aliphatic heterocycles. The smallest absolute Gasteiger partial charge is 0.332 e. The SMILES string of the molecule is O=C(O)C(CCOc1ccccc1)=C(CCOc1ccccc1)C(=O)O. The molecule has 0 aliphatic rings. The molecule has 0 radical (unpaired) electrons. The monoisotopic (exact) mass is 356 g/mol. The van der Waals surface area contributed by atoms with Gasteiger partial charge < -0.3 is 19.7 Å². The van der Waals surface area contributed by atoms with E-state index in [1.807, 2.05) is 12.1 Å². The maximum atomic E-state index is 11.5. The van der Waals surface area contributed by atoms with Crippen molar-refractivity contribution < 1.29 is 29.3 Å². The molecule has 0 unspecified atom stereocenters. The minimum absolute atomic E-state index is 0.0167. The zero-order valence-corrected chi connectivity index (χ0v) is 14.1. The number of hydrogen-bond acceptors (Lipinski definition) is 4. The molecule has 2 rings (SSSR count). The van der Waals surface area contributed by atoms with Crippen LogP contribution < -0.4 is 9.47 Å². The number of rotatable bonds is 10.